The molecule has 2 fully saturated rings. The molecule has 0 aromatic carbocycles. The van der Waals surface area contributed by atoms with Crippen LogP contribution in [0.1, 0.15) is 34.6 Å². The summed E-state index contributed by atoms with van der Waals surface area (Å²) < 4.78 is 28.1. The van der Waals surface area contributed by atoms with Gasteiger partial charge in [0.25, 0.3) is 0 Å². The Morgan fingerprint density at radius 3 is 1.80 bits per heavy atom. The van der Waals surface area contributed by atoms with Crippen molar-refractivity contribution in [3.05, 3.63) is 0 Å². The molecule has 0 aromatic rings. The Balaban J connectivity index is 2.45. The van der Waals surface area contributed by atoms with Crippen LogP contribution < -0.4 is 5.32 Å². The molecule has 1 saturated carbocycles. The first-order chi connectivity index (χ1) is 11.6. The van der Waals surface area contributed by atoms with E-state index in [2.05, 4.69) is 5.32 Å². The summed E-state index contributed by atoms with van der Waals surface area (Å²) in [6, 6.07) is -0.769. The molecular weight excluding hydrogens is 334 g/mol. The van der Waals surface area contributed by atoms with Crippen LogP contribution in [0.2, 0.25) is 0 Å². The van der Waals surface area contributed by atoms with E-state index in [1.165, 1.54) is 27.9 Å². The van der Waals surface area contributed by atoms with Crippen LogP contribution in [0.3, 0.4) is 0 Å². The Morgan fingerprint density at radius 1 is 0.880 bits per heavy atom. The van der Waals surface area contributed by atoms with Gasteiger partial charge in [0.15, 0.2) is 18.0 Å². The average Bonchev–Trinajstić information content (AvgIpc) is 2.77. The van der Waals surface area contributed by atoms with Crippen molar-refractivity contribution in [3.8, 4) is 0 Å². The predicted molar refractivity (Wildman–Crippen MR) is 83.3 cm³/mol. The van der Waals surface area contributed by atoms with Crippen LogP contribution in [0.15, 0.2) is 0 Å². The zero-order valence-electron chi connectivity index (χ0n) is 15.2. The maximum Gasteiger partial charge on any atom is 0.303 e. The van der Waals surface area contributed by atoms with E-state index in [0.717, 1.165) is 0 Å². The van der Waals surface area contributed by atoms with Gasteiger partial charge < -0.3 is 29.0 Å². The first kappa shape index (κ1) is 19.6. The van der Waals surface area contributed by atoms with Crippen molar-refractivity contribution in [2.24, 2.45) is 0 Å². The van der Waals surface area contributed by atoms with E-state index in [1.54, 1.807) is 13.8 Å². The molecule has 0 spiro atoms. The molecule has 0 bridgehead atoms. The number of carbonyl (C=O) groups is 3. The molecule has 142 valence electrons. The number of rotatable bonds is 4. The van der Waals surface area contributed by atoms with Crippen LogP contribution in [0.5, 0.6) is 0 Å². The number of ether oxygens (including phenoxy) is 5. The first-order valence-electron chi connectivity index (χ1n) is 8.05. The molecular formula is C16H25NO8. The third-order valence-electron chi connectivity index (χ3n) is 4.09. The summed E-state index contributed by atoms with van der Waals surface area (Å²) in [5, 5.41) is 2.71. The van der Waals surface area contributed by atoms with Crippen LogP contribution in [0.25, 0.3) is 0 Å². The van der Waals surface area contributed by atoms with Gasteiger partial charge in [-0.05, 0) is 13.8 Å². The van der Waals surface area contributed by atoms with Crippen molar-refractivity contribution in [1.29, 1.82) is 0 Å². The van der Waals surface area contributed by atoms with Gasteiger partial charge in [-0.1, -0.05) is 0 Å². The Bertz CT molecular complexity index is 548. The second-order valence-electron chi connectivity index (χ2n) is 6.64. The molecule has 2 aliphatic rings. The fourth-order valence-electron chi connectivity index (χ4n) is 3.45. The molecule has 1 aliphatic carbocycles. The van der Waals surface area contributed by atoms with Gasteiger partial charge in [-0.3, -0.25) is 14.4 Å². The second-order valence-corrected chi connectivity index (χ2v) is 6.64. The van der Waals surface area contributed by atoms with Gasteiger partial charge in [-0.25, -0.2) is 0 Å². The lowest BCUT2D eigenvalue weighted by molar-refractivity contribution is -0.200. The van der Waals surface area contributed by atoms with E-state index in [9.17, 15) is 14.4 Å². The third kappa shape index (κ3) is 4.28. The number of amides is 1. The molecule has 25 heavy (non-hydrogen) atoms. The van der Waals surface area contributed by atoms with Crippen LogP contribution in [-0.2, 0) is 38.1 Å². The van der Waals surface area contributed by atoms with E-state index in [0.29, 0.717) is 0 Å². The minimum Gasteiger partial charge on any atom is -0.457 e. The quantitative estimate of drug-likeness (QED) is 0.693. The van der Waals surface area contributed by atoms with Gasteiger partial charge in [-0.15, -0.1) is 0 Å². The standard InChI is InChI=1S/C16H25NO8/c1-7(18)17-10-11(21-6)13(23-9(3)20)15-14(12(10)22-8(2)19)24-16(4,5)25-15/h10-15H,1-6H3,(H,17,18)/t10-,11-,12+,13-,14-,15+/m0/s1. The van der Waals surface area contributed by atoms with E-state index in [-0.39, 0.29) is 5.91 Å². The van der Waals surface area contributed by atoms with Crippen LogP contribution in [-0.4, -0.2) is 67.3 Å². The average molecular weight is 359 g/mol. The molecule has 1 heterocycles. The molecule has 1 amide bonds. The van der Waals surface area contributed by atoms with Gasteiger partial charge in [0.2, 0.25) is 5.91 Å². The van der Waals surface area contributed by atoms with E-state index >= 15 is 0 Å². The lowest BCUT2D eigenvalue weighted by Crippen LogP contribution is -2.69. The highest BCUT2D eigenvalue weighted by molar-refractivity contribution is 5.73. The molecule has 0 radical (unpaired) electrons. The van der Waals surface area contributed by atoms with Gasteiger partial charge in [-0.2, -0.15) is 0 Å². The Hall–Kier alpha value is -1.71. The van der Waals surface area contributed by atoms with Gasteiger partial charge in [0.1, 0.15) is 18.3 Å². The largest absolute Gasteiger partial charge is 0.457 e. The fraction of sp³-hybridized carbons (Fsp3) is 0.812. The summed E-state index contributed by atoms with van der Waals surface area (Å²) >= 11 is 0. The minimum absolute atomic E-state index is 0.345. The van der Waals surface area contributed by atoms with Crippen LogP contribution >= 0.6 is 0 Å². The summed E-state index contributed by atoms with van der Waals surface area (Å²) in [5.41, 5.74) is 0. The number of fused-ring (bicyclic) bond motifs is 1. The first-order valence-corrected chi connectivity index (χ1v) is 8.05. The molecule has 1 saturated heterocycles. The molecule has 9 nitrogen and oxygen atoms in total. The molecule has 1 N–H and O–H groups in total. The monoisotopic (exact) mass is 359 g/mol. The molecule has 2 rings (SSSR count). The molecule has 6 atom stereocenters. The minimum atomic E-state index is -0.977. The van der Waals surface area contributed by atoms with E-state index in [1.807, 2.05) is 0 Å². The lowest BCUT2D eigenvalue weighted by atomic mass is 9.82. The molecule has 0 unspecified atom stereocenters. The normalized spacial score (nSPS) is 36.2. The van der Waals surface area contributed by atoms with E-state index in [4.69, 9.17) is 23.7 Å². The van der Waals surface area contributed by atoms with Crippen molar-refractivity contribution in [2.45, 2.75) is 77.0 Å². The molecule has 9 heteroatoms. The number of carbonyl (C=O) groups excluding carboxylic acids is 3. The van der Waals surface area contributed by atoms with E-state index < -0.39 is 54.3 Å². The highest BCUT2D eigenvalue weighted by atomic mass is 16.8. The Morgan fingerprint density at radius 2 is 1.36 bits per heavy atom. The van der Waals surface area contributed by atoms with Crippen molar-refractivity contribution >= 4 is 17.8 Å². The van der Waals surface area contributed by atoms with Gasteiger partial charge >= 0.3 is 11.9 Å². The van der Waals surface area contributed by atoms with Crippen molar-refractivity contribution in [2.75, 3.05) is 7.11 Å². The van der Waals surface area contributed by atoms with Crippen LogP contribution in [0, 0.1) is 0 Å². The molecule has 0 aromatic heterocycles. The summed E-state index contributed by atoms with van der Waals surface area (Å²) in [6.07, 6.45) is -3.91. The Kier molecular flexibility index (Phi) is 5.70. The van der Waals surface area contributed by atoms with Gasteiger partial charge in [0.05, 0.1) is 6.04 Å². The maximum absolute atomic E-state index is 11.7. The van der Waals surface area contributed by atoms with Crippen molar-refractivity contribution in [3.63, 3.8) is 0 Å². The zero-order valence-corrected chi connectivity index (χ0v) is 15.2. The summed E-state index contributed by atoms with van der Waals surface area (Å²) in [4.78, 5) is 34.8. The highest BCUT2D eigenvalue weighted by Gasteiger charge is 2.61. The molecule has 1 aliphatic heterocycles. The fourth-order valence-corrected chi connectivity index (χ4v) is 3.45. The highest BCUT2D eigenvalue weighted by Crippen LogP contribution is 2.40. The SMILES string of the molecule is CO[C@H]1[C@H](NC(C)=O)[C@@H](OC(C)=O)[C@@H]2OC(C)(C)O[C@@H]2[C@H]1OC(C)=O. The number of methoxy groups -OCH3 is 1. The summed E-state index contributed by atoms with van der Waals surface area (Å²) in [5.74, 6) is -2.38. The number of esters is 2. The lowest BCUT2D eigenvalue weighted by Gasteiger charge is -2.45. The third-order valence-corrected chi connectivity index (χ3v) is 4.09. The summed E-state index contributed by atoms with van der Waals surface area (Å²) in [6.45, 7) is 7.28. The van der Waals surface area contributed by atoms with Crippen molar-refractivity contribution in [1.82, 2.24) is 5.32 Å². The number of hydrogen-bond acceptors (Lipinski definition) is 8. The maximum atomic E-state index is 11.7. The number of hydrogen-bond donors (Lipinski definition) is 1. The smallest absolute Gasteiger partial charge is 0.303 e. The Labute approximate surface area is 146 Å². The summed E-state index contributed by atoms with van der Waals surface area (Å²) in [7, 11) is 1.42. The topological polar surface area (TPSA) is 109 Å². The zero-order chi connectivity index (χ0) is 18.9. The number of nitrogens with one attached hydrogen (secondary N) is 1. The van der Waals surface area contributed by atoms with Gasteiger partial charge in [0, 0.05) is 27.9 Å². The van der Waals surface area contributed by atoms with Crippen molar-refractivity contribution < 1.29 is 38.1 Å². The van der Waals surface area contributed by atoms with Crippen LogP contribution in [0.4, 0.5) is 0 Å². The second kappa shape index (κ2) is 7.27. The predicted octanol–water partition coefficient (Wildman–Crippen LogP) is -0.0968.